The van der Waals surface area contributed by atoms with Crippen molar-refractivity contribution >= 4 is 51.1 Å². The standard InChI is InChI=1S/C24H24N4O2S3/c1-14-5-4-6-17(9-14)21-20(26-16(3)33-21)23(30)28-13-31-12-18(28)10-25-22(29)19-15(2)11-27-7-8-32-24(19)27/h4-9,11,18H,10,12-13H2,1-3H3,(H,25,29)/t18-/m1/s1. The number of aromatic nitrogens is 2. The van der Waals surface area contributed by atoms with Crippen LogP contribution in [0.15, 0.2) is 42.0 Å². The molecule has 4 aromatic rings. The molecule has 1 N–H and O–H groups in total. The molecule has 4 heterocycles. The van der Waals surface area contributed by atoms with Gasteiger partial charge in [-0.1, -0.05) is 29.8 Å². The second kappa shape index (κ2) is 8.96. The molecule has 0 radical (unpaired) electrons. The summed E-state index contributed by atoms with van der Waals surface area (Å²) in [4.78, 5) is 34.8. The molecule has 1 aromatic carbocycles. The van der Waals surface area contributed by atoms with Crippen molar-refractivity contribution < 1.29 is 9.59 Å². The van der Waals surface area contributed by atoms with Gasteiger partial charge in [0.2, 0.25) is 0 Å². The van der Waals surface area contributed by atoms with E-state index in [1.165, 1.54) is 0 Å². The number of amides is 2. The van der Waals surface area contributed by atoms with E-state index in [-0.39, 0.29) is 17.9 Å². The molecule has 1 fully saturated rings. The zero-order valence-corrected chi connectivity index (χ0v) is 21.1. The molecule has 1 aliphatic rings. The molecular formula is C24H24N4O2S3. The summed E-state index contributed by atoms with van der Waals surface area (Å²) in [5, 5.41) is 5.92. The zero-order chi connectivity index (χ0) is 23.1. The molecule has 1 aliphatic heterocycles. The fourth-order valence-electron chi connectivity index (χ4n) is 4.16. The maximum atomic E-state index is 13.6. The summed E-state index contributed by atoms with van der Waals surface area (Å²) in [6, 6.07) is 8.10. The number of nitrogens with one attached hydrogen (secondary N) is 1. The highest BCUT2D eigenvalue weighted by Gasteiger charge is 2.33. The smallest absolute Gasteiger partial charge is 0.275 e. The zero-order valence-electron chi connectivity index (χ0n) is 18.6. The van der Waals surface area contributed by atoms with Gasteiger partial charge >= 0.3 is 0 Å². The number of thiazole rings is 2. The third kappa shape index (κ3) is 4.20. The molecule has 5 rings (SSSR count). The lowest BCUT2D eigenvalue weighted by molar-refractivity contribution is 0.0732. The third-order valence-electron chi connectivity index (χ3n) is 5.76. The van der Waals surface area contributed by atoms with Crippen LogP contribution in [0.5, 0.6) is 0 Å². The molecule has 0 unspecified atom stereocenters. The quantitative estimate of drug-likeness (QED) is 0.423. The van der Waals surface area contributed by atoms with Crippen LogP contribution in [0.2, 0.25) is 0 Å². The van der Waals surface area contributed by atoms with Crippen LogP contribution in [0.4, 0.5) is 0 Å². The molecule has 0 aliphatic carbocycles. The predicted octanol–water partition coefficient (Wildman–Crippen LogP) is 4.99. The summed E-state index contributed by atoms with van der Waals surface area (Å²) in [5.41, 5.74) is 4.34. The first kappa shape index (κ1) is 22.2. The van der Waals surface area contributed by atoms with Gasteiger partial charge in [0.1, 0.15) is 10.5 Å². The molecule has 9 heteroatoms. The van der Waals surface area contributed by atoms with Crippen molar-refractivity contribution in [2.45, 2.75) is 26.8 Å². The Hall–Kier alpha value is -2.62. The van der Waals surface area contributed by atoms with Gasteiger partial charge in [-0.3, -0.25) is 9.59 Å². The number of fused-ring (bicyclic) bond motifs is 1. The second-order valence-electron chi connectivity index (χ2n) is 8.22. The molecule has 0 bridgehead atoms. The lowest BCUT2D eigenvalue weighted by atomic mass is 10.1. The highest BCUT2D eigenvalue weighted by Crippen LogP contribution is 2.33. The van der Waals surface area contributed by atoms with E-state index in [2.05, 4.69) is 16.4 Å². The van der Waals surface area contributed by atoms with Gasteiger partial charge in [0, 0.05) is 30.1 Å². The van der Waals surface area contributed by atoms with E-state index in [4.69, 9.17) is 0 Å². The number of benzene rings is 1. The number of nitrogens with zero attached hydrogens (tertiary/aromatic N) is 3. The molecule has 3 aromatic heterocycles. The monoisotopic (exact) mass is 496 g/mol. The molecule has 0 spiro atoms. The van der Waals surface area contributed by atoms with Crippen LogP contribution < -0.4 is 5.32 Å². The Morgan fingerprint density at radius 3 is 2.91 bits per heavy atom. The van der Waals surface area contributed by atoms with Gasteiger partial charge < -0.3 is 14.6 Å². The van der Waals surface area contributed by atoms with Crippen LogP contribution in [0, 0.1) is 20.8 Å². The highest BCUT2D eigenvalue weighted by molar-refractivity contribution is 7.99. The van der Waals surface area contributed by atoms with Gasteiger partial charge in [-0.25, -0.2) is 4.98 Å². The summed E-state index contributed by atoms with van der Waals surface area (Å²) in [7, 11) is 0. The minimum absolute atomic E-state index is 0.0687. The average molecular weight is 497 g/mol. The molecule has 2 amide bonds. The van der Waals surface area contributed by atoms with E-state index in [0.717, 1.165) is 37.2 Å². The Morgan fingerprint density at radius 1 is 1.24 bits per heavy atom. The predicted molar refractivity (Wildman–Crippen MR) is 137 cm³/mol. The molecule has 6 nitrogen and oxygen atoms in total. The van der Waals surface area contributed by atoms with Gasteiger partial charge in [0.25, 0.3) is 11.8 Å². The average Bonchev–Trinajstić information content (AvgIpc) is 3.55. The summed E-state index contributed by atoms with van der Waals surface area (Å²) >= 11 is 4.81. The number of rotatable bonds is 5. The van der Waals surface area contributed by atoms with Crippen LogP contribution in [0.25, 0.3) is 15.3 Å². The van der Waals surface area contributed by atoms with Crippen LogP contribution >= 0.6 is 34.4 Å². The van der Waals surface area contributed by atoms with Crippen molar-refractivity contribution in [3.63, 3.8) is 0 Å². The van der Waals surface area contributed by atoms with E-state index in [1.54, 1.807) is 34.4 Å². The Kier molecular flexibility index (Phi) is 6.03. The first-order valence-corrected chi connectivity index (χ1v) is 13.5. The molecular weight excluding hydrogens is 472 g/mol. The van der Waals surface area contributed by atoms with Crippen molar-refractivity contribution in [1.29, 1.82) is 0 Å². The third-order valence-corrected chi connectivity index (χ3v) is 8.76. The second-order valence-corrected chi connectivity index (χ2v) is 11.3. The number of hydrogen-bond acceptors (Lipinski definition) is 6. The molecule has 33 heavy (non-hydrogen) atoms. The Bertz CT molecular complexity index is 1350. The van der Waals surface area contributed by atoms with Crippen molar-refractivity contribution in [1.82, 2.24) is 19.6 Å². The Balaban J connectivity index is 1.34. The van der Waals surface area contributed by atoms with Crippen molar-refractivity contribution in [2.24, 2.45) is 0 Å². The van der Waals surface area contributed by atoms with E-state index >= 15 is 0 Å². The Morgan fingerprint density at radius 2 is 2.09 bits per heavy atom. The van der Waals surface area contributed by atoms with Crippen molar-refractivity contribution in [2.75, 3.05) is 18.2 Å². The van der Waals surface area contributed by atoms with Gasteiger partial charge in [-0.05, 0) is 31.9 Å². The van der Waals surface area contributed by atoms with E-state index in [1.807, 2.05) is 66.0 Å². The minimum atomic E-state index is -0.0910. The Labute approximate surface area is 204 Å². The van der Waals surface area contributed by atoms with Gasteiger partial charge in [-0.15, -0.1) is 34.4 Å². The SMILES string of the molecule is Cc1cccc(-c2sc(C)nc2C(=O)N2CSC[C@H]2CNC(=O)c2c(C)cn3ccsc23)c1. The van der Waals surface area contributed by atoms with E-state index < -0.39 is 0 Å². The first-order valence-electron chi connectivity index (χ1n) is 10.7. The van der Waals surface area contributed by atoms with E-state index in [0.29, 0.717) is 23.7 Å². The van der Waals surface area contributed by atoms with Crippen LogP contribution in [-0.2, 0) is 0 Å². The lowest BCUT2D eigenvalue weighted by Gasteiger charge is -2.24. The van der Waals surface area contributed by atoms with Crippen LogP contribution in [0.1, 0.15) is 37.0 Å². The molecule has 1 atom stereocenters. The van der Waals surface area contributed by atoms with Crippen molar-refractivity contribution in [3.05, 3.63) is 69.4 Å². The summed E-state index contributed by atoms with van der Waals surface area (Å²) in [5.74, 6) is 1.23. The number of hydrogen-bond donors (Lipinski definition) is 1. The summed E-state index contributed by atoms with van der Waals surface area (Å²) < 4.78 is 1.98. The first-order chi connectivity index (χ1) is 15.9. The van der Waals surface area contributed by atoms with Crippen LogP contribution in [0.3, 0.4) is 0 Å². The maximum Gasteiger partial charge on any atom is 0.275 e. The number of carbonyl (C=O) groups excluding carboxylic acids is 2. The summed E-state index contributed by atoms with van der Waals surface area (Å²) in [6.07, 6.45) is 3.93. The molecule has 0 saturated carbocycles. The normalized spacial score (nSPS) is 16.0. The van der Waals surface area contributed by atoms with Gasteiger partial charge in [0.15, 0.2) is 0 Å². The topological polar surface area (TPSA) is 66.7 Å². The fourth-order valence-corrected chi connectivity index (χ4v) is 7.20. The minimum Gasteiger partial charge on any atom is -0.350 e. The lowest BCUT2D eigenvalue weighted by Crippen LogP contribution is -2.44. The molecule has 170 valence electrons. The van der Waals surface area contributed by atoms with Gasteiger partial charge in [-0.2, -0.15) is 0 Å². The highest BCUT2D eigenvalue weighted by atomic mass is 32.2. The largest absolute Gasteiger partial charge is 0.350 e. The van der Waals surface area contributed by atoms with Gasteiger partial charge in [0.05, 0.1) is 27.4 Å². The fraction of sp³-hybridized carbons (Fsp3) is 0.292. The number of carbonyl (C=O) groups is 2. The van der Waals surface area contributed by atoms with E-state index in [9.17, 15) is 9.59 Å². The van der Waals surface area contributed by atoms with Crippen molar-refractivity contribution in [3.8, 4) is 10.4 Å². The van der Waals surface area contributed by atoms with Crippen LogP contribution in [-0.4, -0.2) is 50.3 Å². The molecule has 1 saturated heterocycles. The summed E-state index contributed by atoms with van der Waals surface area (Å²) in [6.45, 7) is 6.35. The number of aryl methyl sites for hydroxylation is 3. The number of thioether (sulfide) groups is 1. The maximum absolute atomic E-state index is 13.6.